The Morgan fingerprint density at radius 1 is 0.921 bits per heavy atom. The minimum absolute atomic E-state index is 0.0870. The zero-order valence-electron chi connectivity index (χ0n) is 21.9. The number of benzene rings is 3. The molecule has 1 aliphatic rings. The number of hydrogen-bond donors (Lipinski definition) is 1. The number of oxazole rings is 1. The number of carbonyl (C=O) groups is 1. The number of nitrogens with zero attached hydrogens (tertiary/aromatic N) is 1. The molecule has 38 heavy (non-hydrogen) atoms. The van der Waals surface area contributed by atoms with Gasteiger partial charge in [-0.3, -0.25) is 4.79 Å². The molecule has 0 bridgehead atoms. The van der Waals surface area contributed by atoms with Gasteiger partial charge < -0.3 is 28.7 Å². The molecule has 0 aliphatic heterocycles. The number of nitrogens with one attached hydrogen (secondary N) is 1. The first-order valence-corrected chi connectivity index (χ1v) is 12.8. The van der Waals surface area contributed by atoms with Crippen molar-refractivity contribution in [3.63, 3.8) is 0 Å². The highest BCUT2D eigenvalue weighted by Crippen LogP contribution is 2.41. The number of amides is 1. The Hall–Kier alpha value is -4.20. The highest BCUT2D eigenvalue weighted by Gasteiger charge is 2.18. The highest BCUT2D eigenvalue weighted by molar-refractivity contribution is 5.94. The minimum atomic E-state index is -0.256. The summed E-state index contributed by atoms with van der Waals surface area (Å²) in [4.78, 5) is 17.1. The predicted octanol–water partition coefficient (Wildman–Crippen LogP) is 6.59. The zero-order valence-corrected chi connectivity index (χ0v) is 21.9. The second kappa shape index (κ2) is 11.5. The average Bonchev–Trinajstić information content (AvgIpc) is 3.39. The van der Waals surface area contributed by atoms with Crippen molar-refractivity contribution in [2.24, 2.45) is 0 Å². The summed E-state index contributed by atoms with van der Waals surface area (Å²) in [5, 5.41) is 2.87. The summed E-state index contributed by atoms with van der Waals surface area (Å²) in [7, 11) is 4.66. The molecule has 0 atom stereocenters. The van der Waals surface area contributed by atoms with E-state index in [1.54, 1.807) is 51.7 Å². The molecule has 198 valence electrons. The third kappa shape index (κ3) is 5.54. The van der Waals surface area contributed by atoms with Gasteiger partial charge in [0.1, 0.15) is 11.3 Å². The Balaban J connectivity index is 1.24. The number of hydrogen-bond acceptors (Lipinski definition) is 7. The highest BCUT2D eigenvalue weighted by atomic mass is 16.5. The number of anilines is 1. The van der Waals surface area contributed by atoms with Crippen LogP contribution in [0.3, 0.4) is 0 Å². The summed E-state index contributed by atoms with van der Waals surface area (Å²) in [6, 6.07) is 17.0. The van der Waals surface area contributed by atoms with E-state index in [0.717, 1.165) is 0 Å². The molecule has 1 N–H and O–H groups in total. The lowest BCUT2D eigenvalue weighted by molar-refractivity contribution is -0.118. The van der Waals surface area contributed by atoms with Crippen molar-refractivity contribution >= 4 is 22.7 Å². The van der Waals surface area contributed by atoms with Gasteiger partial charge in [-0.25, -0.2) is 4.98 Å². The molecule has 1 amide bonds. The number of ether oxygens (including phenoxy) is 4. The normalized spacial score (nSPS) is 13.8. The van der Waals surface area contributed by atoms with E-state index in [0.29, 0.717) is 57.2 Å². The molecular formula is C30H32N2O6. The Labute approximate surface area is 221 Å². The Morgan fingerprint density at radius 2 is 1.63 bits per heavy atom. The third-order valence-corrected chi connectivity index (χ3v) is 6.91. The van der Waals surface area contributed by atoms with Crippen LogP contribution in [0.1, 0.15) is 43.6 Å². The van der Waals surface area contributed by atoms with Crippen molar-refractivity contribution < 1.29 is 28.2 Å². The Bertz CT molecular complexity index is 1380. The van der Waals surface area contributed by atoms with Gasteiger partial charge in [0.15, 0.2) is 23.7 Å². The van der Waals surface area contributed by atoms with Gasteiger partial charge in [0.25, 0.3) is 5.91 Å². The van der Waals surface area contributed by atoms with Crippen molar-refractivity contribution in [1.82, 2.24) is 4.98 Å². The molecule has 1 fully saturated rings. The predicted molar refractivity (Wildman–Crippen MR) is 145 cm³/mol. The standard InChI is InChI=1S/C30H32N2O6/c1-34-26-15-21(16-27(35-2)29(26)36-3)30-32-24-17-22(11-14-25(24)38-30)31-28(33)18-37-23-12-9-20(10-13-23)19-7-5-4-6-8-19/h9-17,19H,4-8,18H2,1-3H3,(H,31,33). The largest absolute Gasteiger partial charge is 0.493 e. The van der Waals surface area contributed by atoms with E-state index in [2.05, 4.69) is 22.4 Å². The first kappa shape index (κ1) is 25.4. The van der Waals surface area contributed by atoms with Crippen molar-refractivity contribution in [3.05, 3.63) is 60.2 Å². The molecule has 0 unspecified atom stereocenters. The van der Waals surface area contributed by atoms with Crippen LogP contribution in [0.2, 0.25) is 0 Å². The summed E-state index contributed by atoms with van der Waals surface area (Å²) >= 11 is 0. The van der Waals surface area contributed by atoms with Gasteiger partial charge in [-0.15, -0.1) is 0 Å². The van der Waals surface area contributed by atoms with Crippen molar-refractivity contribution in [2.75, 3.05) is 33.3 Å². The van der Waals surface area contributed by atoms with Crippen molar-refractivity contribution in [2.45, 2.75) is 38.0 Å². The number of fused-ring (bicyclic) bond motifs is 1. The number of carbonyl (C=O) groups excluding carboxylic acids is 1. The van der Waals surface area contributed by atoms with E-state index in [9.17, 15) is 4.79 Å². The molecule has 4 aromatic rings. The summed E-state index contributed by atoms with van der Waals surface area (Å²) in [5.74, 6) is 2.95. The molecule has 0 spiro atoms. The van der Waals surface area contributed by atoms with Gasteiger partial charge in [-0.2, -0.15) is 0 Å². The molecule has 1 saturated carbocycles. The van der Waals surface area contributed by atoms with E-state index in [-0.39, 0.29) is 12.5 Å². The average molecular weight is 517 g/mol. The third-order valence-electron chi connectivity index (χ3n) is 6.91. The number of methoxy groups -OCH3 is 3. The minimum Gasteiger partial charge on any atom is -0.493 e. The number of aromatic nitrogens is 1. The fourth-order valence-electron chi connectivity index (χ4n) is 4.95. The summed E-state index contributed by atoms with van der Waals surface area (Å²) in [6.07, 6.45) is 6.45. The Morgan fingerprint density at radius 3 is 2.29 bits per heavy atom. The second-order valence-corrected chi connectivity index (χ2v) is 9.36. The van der Waals surface area contributed by atoms with Crippen LogP contribution in [0.25, 0.3) is 22.6 Å². The van der Waals surface area contributed by atoms with E-state index in [4.69, 9.17) is 23.4 Å². The monoisotopic (exact) mass is 516 g/mol. The lowest BCUT2D eigenvalue weighted by Crippen LogP contribution is -2.20. The topological polar surface area (TPSA) is 92.1 Å². The first-order chi connectivity index (χ1) is 18.6. The summed E-state index contributed by atoms with van der Waals surface area (Å²) < 4.78 is 27.9. The molecule has 1 heterocycles. The summed E-state index contributed by atoms with van der Waals surface area (Å²) in [5.41, 5.74) is 3.81. The molecule has 1 aromatic heterocycles. The summed E-state index contributed by atoms with van der Waals surface area (Å²) in [6.45, 7) is -0.0870. The van der Waals surface area contributed by atoms with Crippen LogP contribution in [-0.4, -0.2) is 38.8 Å². The van der Waals surface area contributed by atoms with E-state index in [1.165, 1.54) is 37.7 Å². The van der Waals surface area contributed by atoms with Crippen LogP contribution in [0, 0.1) is 0 Å². The molecule has 1 aliphatic carbocycles. The maximum absolute atomic E-state index is 12.5. The van der Waals surface area contributed by atoms with Gasteiger partial charge in [0.05, 0.1) is 21.3 Å². The van der Waals surface area contributed by atoms with Crippen LogP contribution in [0.15, 0.2) is 59.0 Å². The number of rotatable bonds is 9. The van der Waals surface area contributed by atoms with Crippen molar-refractivity contribution in [1.29, 1.82) is 0 Å². The SMILES string of the molecule is COc1cc(-c2nc3cc(NC(=O)COc4ccc(C5CCCCC5)cc4)ccc3o2)cc(OC)c1OC. The Kier molecular flexibility index (Phi) is 7.67. The molecule has 8 heteroatoms. The van der Waals surface area contributed by atoms with Crippen molar-refractivity contribution in [3.8, 4) is 34.5 Å². The molecule has 5 rings (SSSR count). The van der Waals surface area contributed by atoms with Gasteiger partial charge in [-0.1, -0.05) is 31.4 Å². The fourth-order valence-corrected chi connectivity index (χ4v) is 4.95. The van der Waals surface area contributed by atoms with Gasteiger partial charge >= 0.3 is 0 Å². The van der Waals surface area contributed by atoms with Crippen LogP contribution in [0.4, 0.5) is 5.69 Å². The van der Waals surface area contributed by atoms with Gasteiger partial charge in [-0.05, 0) is 66.8 Å². The van der Waals surface area contributed by atoms with Crippen LogP contribution in [0.5, 0.6) is 23.0 Å². The maximum Gasteiger partial charge on any atom is 0.262 e. The van der Waals surface area contributed by atoms with Crippen LogP contribution < -0.4 is 24.3 Å². The molecule has 0 radical (unpaired) electrons. The van der Waals surface area contributed by atoms with Gasteiger partial charge in [0, 0.05) is 11.3 Å². The fraction of sp³-hybridized carbons (Fsp3) is 0.333. The van der Waals surface area contributed by atoms with E-state index >= 15 is 0 Å². The zero-order chi connectivity index (χ0) is 26.5. The van der Waals surface area contributed by atoms with E-state index < -0.39 is 0 Å². The smallest absolute Gasteiger partial charge is 0.262 e. The van der Waals surface area contributed by atoms with Crippen LogP contribution >= 0.6 is 0 Å². The lowest BCUT2D eigenvalue weighted by Gasteiger charge is -2.22. The second-order valence-electron chi connectivity index (χ2n) is 9.36. The maximum atomic E-state index is 12.5. The molecule has 0 saturated heterocycles. The quantitative estimate of drug-likeness (QED) is 0.268. The molecule has 8 nitrogen and oxygen atoms in total. The van der Waals surface area contributed by atoms with Gasteiger partial charge in [0.2, 0.25) is 11.6 Å². The molecular weight excluding hydrogens is 484 g/mol. The first-order valence-electron chi connectivity index (χ1n) is 12.8. The lowest BCUT2D eigenvalue weighted by atomic mass is 9.84. The van der Waals surface area contributed by atoms with Crippen LogP contribution in [-0.2, 0) is 4.79 Å². The molecule has 3 aromatic carbocycles. The van der Waals surface area contributed by atoms with E-state index in [1.807, 2.05) is 12.1 Å².